The van der Waals surface area contributed by atoms with E-state index in [1.165, 1.54) is 124 Å². The molecule has 0 aliphatic carbocycles. The fourth-order valence-corrected chi connectivity index (χ4v) is 15.3. The molecule has 7 aromatic heterocycles. The van der Waals surface area contributed by atoms with Crippen molar-refractivity contribution in [2.45, 2.75) is 0 Å². The van der Waals surface area contributed by atoms with Gasteiger partial charge in [-0.3, -0.25) is 32.1 Å². The molecule has 0 bridgehead atoms. The number of carbonyl (C=O) groups is 4. The quantitative estimate of drug-likeness (QED) is 0.0392. The van der Waals surface area contributed by atoms with E-state index in [0.717, 1.165) is 50.7 Å². The molecule has 125 heavy (non-hydrogen) atoms. The maximum atomic E-state index is 13.7. The fraction of sp³-hybridized carbons (Fsp3) is 0.0989. The second-order valence-corrected chi connectivity index (χ2v) is 34.5. The molecule has 0 atom stereocenters. The lowest BCUT2D eigenvalue weighted by molar-refractivity contribution is 0.0956. The maximum Gasteiger partial charge on any atom is 0.255 e. The van der Waals surface area contributed by atoms with Crippen LogP contribution in [0.15, 0.2) is 256 Å². The van der Waals surface area contributed by atoms with Crippen LogP contribution in [0.5, 0.6) is 0 Å². The molecule has 17 rings (SSSR count). The van der Waals surface area contributed by atoms with E-state index in [1.54, 1.807) is 85.2 Å². The zero-order valence-electron chi connectivity index (χ0n) is 68.1. The van der Waals surface area contributed by atoms with Crippen molar-refractivity contribution in [1.29, 1.82) is 0 Å². The number of carbonyl (C=O) groups excluding carboxylic acids is 4. The number of hydrogen-bond donors (Lipinski definition) is 7. The van der Waals surface area contributed by atoms with Gasteiger partial charge in [-0.05, 0) is 162 Å². The molecule has 0 fully saturated rings. The number of halogens is 3. The zero-order valence-corrected chi connectivity index (χ0v) is 71.6. The van der Waals surface area contributed by atoms with E-state index in [2.05, 4.69) is 40.9 Å². The van der Waals surface area contributed by atoms with Gasteiger partial charge in [0.15, 0.2) is 5.65 Å². The van der Waals surface area contributed by atoms with Crippen molar-refractivity contribution < 1.29 is 70.9 Å². The van der Waals surface area contributed by atoms with Crippen LogP contribution in [0.4, 0.5) is 41.7 Å². The number of imidazole rings is 2. The van der Waals surface area contributed by atoms with Crippen LogP contribution >= 0.6 is 13.5 Å². The van der Waals surface area contributed by atoms with E-state index in [0.29, 0.717) is 135 Å². The number of nitrogen functional groups attached to an aromatic ring is 2. The largest absolute Gasteiger partial charge is 0.455 e. The molecule has 27 nitrogen and oxygen atoms in total. The third-order valence-corrected chi connectivity index (χ3v) is 23.9. The number of para-hydroxylation sites is 2. The molecule has 0 aliphatic rings. The van der Waals surface area contributed by atoms with E-state index in [4.69, 9.17) is 29.7 Å². The molecule has 0 spiro atoms. The molecule has 7 heterocycles. The number of fused-ring (bicyclic) bond motifs is 5. The van der Waals surface area contributed by atoms with Crippen molar-refractivity contribution in [2.24, 2.45) is 0 Å². The highest BCUT2D eigenvalue weighted by atomic mass is 32.2. The predicted molar refractivity (Wildman–Crippen MR) is 488 cm³/mol. The zero-order chi connectivity index (χ0) is 88.4. The molecule has 0 unspecified atom stereocenters. The Bertz CT molecular complexity index is 7020. The summed E-state index contributed by atoms with van der Waals surface area (Å²) in [5, 5.41) is 9.30. The molecule has 10 aromatic carbocycles. The van der Waals surface area contributed by atoms with Crippen molar-refractivity contribution in [3.05, 3.63) is 283 Å². The molecular formula is C91H79F3N14O13S4. The molecule has 9 N–H and O–H groups in total. The van der Waals surface area contributed by atoms with Crippen molar-refractivity contribution in [2.75, 3.05) is 85.4 Å². The average molecular weight is 1760 g/mol. The summed E-state index contributed by atoms with van der Waals surface area (Å²) in [4.78, 5) is 74.4. The molecule has 17 aromatic rings. The fourth-order valence-electron chi connectivity index (χ4n) is 13.8. The molecule has 34 heteroatoms. The first-order valence-electron chi connectivity index (χ1n) is 37.8. The average Bonchev–Trinajstić information content (AvgIpc) is 1.62. The van der Waals surface area contributed by atoms with Gasteiger partial charge in [-0.25, -0.2) is 58.4 Å². The van der Waals surface area contributed by atoms with Crippen LogP contribution in [0.1, 0.15) is 41.4 Å². The number of benzene rings is 10. The van der Waals surface area contributed by atoms with Crippen LogP contribution < -0.4 is 40.3 Å². The van der Waals surface area contributed by atoms with Gasteiger partial charge in [0, 0.05) is 139 Å². The number of pyridine rings is 2. The van der Waals surface area contributed by atoms with Crippen LogP contribution in [-0.4, -0.2) is 140 Å². The Balaban J connectivity index is 0.000000154. The van der Waals surface area contributed by atoms with Crippen LogP contribution in [0.2, 0.25) is 0 Å². The monoisotopic (exact) mass is 1760 g/mol. The van der Waals surface area contributed by atoms with Gasteiger partial charge < -0.3 is 50.6 Å². The van der Waals surface area contributed by atoms with Crippen LogP contribution in [0.3, 0.4) is 0 Å². The molecule has 0 saturated heterocycles. The third kappa shape index (κ3) is 18.5. The predicted octanol–water partition coefficient (Wildman–Crippen LogP) is 16.6. The second-order valence-electron chi connectivity index (χ2n) is 28.4. The van der Waals surface area contributed by atoms with Crippen LogP contribution in [0.25, 0.3) is 145 Å². The van der Waals surface area contributed by atoms with Gasteiger partial charge in [0.25, 0.3) is 17.7 Å². The number of nitrogens with two attached hydrogens (primary N) is 2. The standard InChI is InChI=1S/C31H25FN4O4S.C30H24FN5O4S.C25H21FN2O5S.C5H7N3.H2S/c1-33-31(37)28-23-16-22(19-7-6-8-20(15-19)30-34-24-9-4-5-10-25(24)35-30)26(36(2)41(3,38)39)17-27(23)40-29(28)18-11-13-21(32)14-12-18;1-32-30(37)26-22-15-21(18-6-4-7-19(14-18)28-34-23-8-5-13-33-29(23)35-28)24(36(2)41(3,38)39)16-25(22)40-27(26)17-9-11-20(31)12-10-17;1-27-25(30)23-20-12-19(17-6-4-5-15(11-17)14-29)21(28(2)34(3,31)32)13-22(20)33-24(23)16-7-9-18(26)10-8-16;6-4-2-1-3-8-5(4)7;/h4-17H,1-3H3,(H,33,37)(H,34,35);4-16H,1-3H3,(H,32,37)(H,33,34,35);4-14H,1-3H3,(H,27,30);1-3H,6H2,(H2,7,8);1H2. The van der Waals surface area contributed by atoms with Gasteiger partial charge in [0.05, 0.1) is 74.8 Å². The summed E-state index contributed by atoms with van der Waals surface area (Å²) < 4.78 is 138. The number of nitrogens with zero attached hydrogens (tertiary/aromatic N) is 7. The summed E-state index contributed by atoms with van der Waals surface area (Å²) in [5.41, 5.74) is 24.0. The number of aromatic nitrogens is 6. The van der Waals surface area contributed by atoms with Crippen molar-refractivity contribution in [3.8, 4) is 90.1 Å². The molecule has 0 saturated carbocycles. The number of rotatable bonds is 18. The van der Waals surface area contributed by atoms with Crippen LogP contribution in [-0.2, 0) is 30.1 Å². The van der Waals surface area contributed by atoms with Gasteiger partial charge in [-0.1, -0.05) is 66.7 Å². The Morgan fingerprint density at radius 2 is 0.760 bits per heavy atom. The molecule has 3 amide bonds. The van der Waals surface area contributed by atoms with Gasteiger partial charge in [0.2, 0.25) is 30.1 Å². The number of amides is 3. The van der Waals surface area contributed by atoms with Crippen molar-refractivity contribution in [3.63, 3.8) is 0 Å². The summed E-state index contributed by atoms with van der Waals surface area (Å²) >= 11 is 0. The van der Waals surface area contributed by atoms with Crippen LogP contribution in [0, 0.1) is 17.5 Å². The Hall–Kier alpha value is -14.9. The van der Waals surface area contributed by atoms with E-state index in [-0.39, 0.29) is 53.0 Å². The lowest BCUT2D eigenvalue weighted by Gasteiger charge is -2.21. The van der Waals surface area contributed by atoms with Crippen molar-refractivity contribution in [1.82, 2.24) is 45.9 Å². The Labute approximate surface area is 721 Å². The number of nitrogens with one attached hydrogen (secondary N) is 5. The smallest absolute Gasteiger partial charge is 0.255 e. The highest BCUT2D eigenvalue weighted by Gasteiger charge is 2.31. The number of anilines is 5. The SMILES string of the molecule is CNC(=O)c1c(-c2ccc(F)cc2)oc2cc(N(C)S(C)(=O)=O)c(-c3cccc(-c4nc5ccccc5[nH]4)c3)cc12.CNC(=O)c1c(-c2ccc(F)cc2)oc2cc(N(C)S(C)(=O)=O)c(-c3cccc(-c4nc5ncccc5[nH]4)c3)cc12.CNC(=O)c1c(-c2ccc(F)cc2)oc2cc(N(C)S(C)(=O)=O)c(-c3cccc(C=O)c3)cc12.Nc1cccnc1N.S. The minimum Gasteiger partial charge on any atom is -0.455 e. The number of H-pyrrole nitrogens is 2. The Kier molecular flexibility index (Phi) is 25.4. The third-order valence-electron chi connectivity index (χ3n) is 20.4. The van der Waals surface area contributed by atoms with E-state index in [9.17, 15) is 57.6 Å². The number of aldehydes is 1. The minimum atomic E-state index is -3.67. The molecule has 0 aliphatic heterocycles. The van der Waals surface area contributed by atoms with E-state index < -0.39 is 65.2 Å². The highest BCUT2D eigenvalue weighted by Crippen LogP contribution is 2.46. The first-order chi connectivity index (χ1) is 59.2. The first-order valence-corrected chi connectivity index (χ1v) is 43.3. The van der Waals surface area contributed by atoms with E-state index >= 15 is 0 Å². The molecule has 636 valence electrons. The Morgan fingerprint density at radius 3 is 1.12 bits per heavy atom. The number of hydrogen-bond acceptors (Lipinski definition) is 19. The van der Waals surface area contributed by atoms with Gasteiger partial charge in [0.1, 0.15) is 75.2 Å². The summed E-state index contributed by atoms with van der Waals surface area (Å²) in [6.45, 7) is 0. The van der Waals surface area contributed by atoms with Gasteiger partial charge >= 0.3 is 0 Å². The van der Waals surface area contributed by atoms with Crippen molar-refractivity contribution >= 4 is 151 Å². The maximum absolute atomic E-state index is 13.7. The Morgan fingerprint density at radius 1 is 0.408 bits per heavy atom. The van der Waals surface area contributed by atoms with Gasteiger partial charge in [-0.15, -0.1) is 0 Å². The normalized spacial score (nSPS) is 11.4. The van der Waals surface area contributed by atoms with Gasteiger partial charge in [-0.2, -0.15) is 13.5 Å². The summed E-state index contributed by atoms with van der Waals surface area (Å²) in [5.74, 6) is -0.114. The number of sulfonamides is 3. The summed E-state index contributed by atoms with van der Waals surface area (Å²) in [6, 6.07) is 63.3. The summed E-state index contributed by atoms with van der Waals surface area (Å²) in [7, 11) is -2.15. The lowest BCUT2D eigenvalue weighted by Crippen LogP contribution is -2.25. The second kappa shape index (κ2) is 36.1. The minimum absolute atomic E-state index is 0. The highest BCUT2D eigenvalue weighted by molar-refractivity contribution is 7.92. The number of furan rings is 3. The summed E-state index contributed by atoms with van der Waals surface area (Å²) in [6.07, 6.45) is 7.27. The molecular weight excluding hydrogens is 1680 g/mol. The molecule has 0 radical (unpaired) electrons. The van der Waals surface area contributed by atoms with E-state index in [1.807, 2.05) is 84.9 Å². The topological polar surface area (TPSA) is 391 Å². The lowest BCUT2D eigenvalue weighted by atomic mass is 9.97. The first kappa shape index (κ1) is 87.9. The number of aromatic amines is 2.